The number of hydrogen-bond donors (Lipinski definition) is 2. The van der Waals surface area contributed by atoms with Gasteiger partial charge >= 0.3 is 0 Å². The van der Waals surface area contributed by atoms with Crippen LogP contribution in [0.2, 0.25) is 0 Å². The van der Waals surface area contributed by atoms with Gasteiger partial charge in [0.2, 0.25) is 0 Å². The van der Waals surface area contributed by atoms with Gasteiger partial charge in [-0.1, -0.05) is 26.8 Å². The summed E-state index contributed by atoms with van der Waals surface area (Å²) in [5.41, 5.74) is 3.20. The van der Waals surface area contributed by atoms with Crippen LogP contribution in [0.25, 0.3) is 11.3 Å². The number of rotatable bonds is 2. The zero-order valence-corrected chi connectivity index (χ0v) is 19.7. The molecule has 2 aliphatic rings. The topological polar surface area (TPSA) is 66.2 Å². The normalized spacial score (nSPS) is 30.8. The van der Waals surface area contributed by atoms with Crippen molar-refractivity contribution in [2.45, 2.75) is 59.7 Å². The summed E-state index contributed by atoms with van der Waals surface area (Å²) < 4.78 is 0. The SMILES string of the molecule is CC(O)C1C(O)C2CCC1(C)C2(C)C.Cc1cc(-c2[c-]cccc2)ncn1.[Ir]. The molecule has 4 nitrogen and oxygen atoms in total. The first-order chi connectivity index (χ1) is 12.7. The third-order valence-corrected chi connectivity index (χ3v) is 7.20. The second-order valence-corrected chi connectivity index (χ2v) is 8.86. The molecule has 1 radical (unpaired) electrons. The Labute approximate surface area is 182 Å². The first-order valence-electron chi connectivity index (χ1n) is 9.80. The van der Waals surface area contributed by atoms with Crippen molar-refractivity contribution in [3.63, 3.8) is 0 Å². The Bertz CT molecular complexity index is 781. The summed E-state index contributed by atoms with van der Waals surface area (Å²) in [6, 6.07) is 12.9. The van der Waals surface area contributed by atoms with E-state index >= 15 is 0 Å². The molecule has 0 saturated heterocycles. The molecule has 1 aromatic carbocycles. The summed E-state index contributed by atoms with van der Waals surface area (Å²) in [6.45, 7) is 10.5. The summed E-state index contributed by atoms with van der Waals surface area (Å²) >= 11 is 0. The molecule has 0 amide bonds. The van der Waals surface area contributed by atoms with Gasteiger partial charge in [0.25, 0.3) is 0 Å². The number of aliphatic hydroxyl groups is 2. The van der Waals surface area contributed by atoms with Crippen molar-refractivity contribution >= 4 is 0 Å². The van der Waals surface area contributed by atoms with Gasteiger partial charge < -0.3 is 10.2 Å². The maximum Gasteiger partial charge on any atom is 0.105 e. The van der Waals surface area contributed by atoms with Gasteiger partial charge in [0.05, 0.1) is 12.2 Å². The van der Waals surface area contributed by atoms with Crippen LogP contribution < -0.4 is 0 Å². The Hall–Kier alpha value is -1.13. The van der Waals surface area contributed by atoms with E-state index in [-0.39, 0.29) is 49.1 Å². The number of aliphatic hydroxyl groups excluding tert-OH is 2. The standard InChI is InChI=1S/C12H22O2.C11H9N2.Ir/c1-7(13)9-10(14)8-5-6-12(9,4)11(8,2)3;1-9-7-11(13-8-12-9)10-5-3-2-4-6-10;/h7-10,13-14H,5-6H2,1-4H3;2-5,7-8H,1H3;/q;-1;. The molecule has 0 aliphatic heterocycles. The summed E-state index contributed by atoms with van der Waals surface area (Å²) in [7, 11) is 0. The predicted octanol–water partition coefficient (Wildman–Crippen LogP) is 4.05. The van der Waals surface area contributed by atoms with Crippen molar-refractivity contribution < 1.29 is 30.3 Å². The van der Waals surface area contributed by atoms with Crippen LogP contribution in [-0.2, 0) is 20.1 Å². The molecule has 2 aromatic rings. The van der Waals surface area contributed by atoms with E-state index in [4.69, 9.17) is 0 Å². The van der Waals surface area contributed by atoms with Gasteiger partial charge in [-0.3, -0.25) is 4.98 Å². The van der Waals surface area contributed by atoms with E-state index in [0.717, 1.165) is 29.8 Å². The first-order valence-corrected chi connectivity index (χ1v) is 9.80. The average Bonchev–Trinajstić information content (AvgIpc) is 2.94. The van der Waals surface area contributed by atoms with Crippen molar-refractivity contribution in [1.29, 1.82) is 0 Å². The minimum absolute atomic E-state index is 0. The maximum atomic E-state index is 10.2. The molecule has 5 heteroatoms. The smallest absolute Gasteiger partial charge is 0.105 e. The third kappa shape index (κ3) is 3.95. The van der Waals surface area contributed by atoms with E-state index in [9.17, 15) is 10.2 Å². The van der Waals surface area contributed by atoms with Crippen molar-refractivity contribution in [2.75, 3.05) is 0 Å². The fourth-order valence-electron chi connectivity index (χ4n) is 5.36. The van der Waals surface area contributed by atoms with Gasteiger partial charge in [-0.25, -0.2) is 4.98 Å². The number of nitrogens with zero attached hydrogens (tertiary/aromatic N) is 2. The van der Waals surface area contributed by atoms with Crippen LogP contribution >= 0.6 is 0 Å². The fraction of sp³-hybridized carbons (Fsp3) is 0.565. The van der Waals surface area contributed by atoms with E-state index in [1.54, 1.807) is 6.33 Å². The monoisotopic (exact) mass is 560 g/mol. The summed E-state index contributed by atoms with van der Waals surface area (Å²) in [6.07, 6.45) is 3.15. The fourth-order valence-corrected chi connectivity index (χ4v) is 5.36. The van der Waals surface area contributed by atoms with E-state index in [0.29, 0.717) is 5.92 Å². The predicted molar refractivity (Wildman–Crippen MR) is 107 cm³/mol. The van der Waals surface area contributed by atoms with Gasteiger partial charge in [0.1, 0.15) is 6.33 Å². The van der Waals surface area contributed by atoms with Crippen LogP contribution in [0.1, 0.15) is 46.2 Å². The van der Waals surface area contributed by atoms with Gasteiger partial charge in [0, 0.05) is 31.7 Å². The van der Waals surface area contributed by atoms with Crippen molar-refractivity contribution in [3.8, 4) is 11.3 Å². The van der Waals surface area contributed by atoms with E-state index in [1.165, 1.54) is 0 Å². The van der Waals surface area contributed by atoms with Gasteiger partial charge in [-0.15, -0.1) is 35.9 Å². The van der Waals surface area contributed by atoms with E-state index < -0.39 is 0 Å². The molecule has 5 unspecified atom stereocenters. The zero-order chi connectivity index (χ0) is 19.8. The molecule has 5 atom stereocenters. The quantitative estimate of drug-likeness (QED) is 0.545. The molecular formula is C23H31IrN2O2-. The summed E-state index contributed by atoms with van der Waals surface area (Å²) in [4.78, 5) is 8.21. The molecule has 1 heterocycles. The van der Waals surface area contributed by atoms with Gasteiger partial charge in [-0.2, -0.15) is 0 Å². The molecule has 1 aromatic heterocycles. The van der Waals surface area contributed by atoms with Crippen LogP contribution in [0.5, 0.6) is 0 Å². The Morgan fingerprint density at radius 3 is 2.39 bits per heavy atom. The molecule has 0 spiro atoms. The minimum Gasteiger partial charge on any atom is -0.393 e. The maximum absolute atomic E-state index is 10.2. The molecular weight excluding hydrogens is 528 g/mol. The van der Waals surface area contributed by atoms with Crippen LogP contribution in [-0.4, -0.2) is 32.4 Å². The van der Waals surface area contributed by atoms with Crippen molar-refractivity contribution in [3.05, 3.63) is 48.4 Å². The molecule has 2 N–H and O–H groups in total. The molecule has 28 heavy (non-hydrogen) atoms. The van der Waals surface area contributed by atoms with Crippen LogP contribution in [0.15, 0.2) is 36.7 Å². The number of aromatic nitrogens is 2. The van der Waals surface area contributed by atoms with Gasteiger partial charge in [-0.05, 0) is 49.1 Å². The molecule has 155 valence electrons. The van der Waals surface area contributed by atoms with Crippen LogP contribution in [0.4, 0.5) is 0 Å². The van der Waals surface area contributed by atoms with Gasteiger partial charge in [0.15, 0.2) is 0 Å². The van der Waals surface area contributed by atoms with Crippen molar-refractivity contribution in [1.82, 2.24) is 9.97 Å². The molecule has 4 rings (SSSR count). The van der Waals surface area contributed by atoms with Crippen LogP contribution in [0, 0.1) is 35.7 Å². The molecule has 2 bridgehead atoms. The minimum atomic E-state index is -0.389. The number of benzene rings is 1. The summed E-state index contributed by atoms with van der Waals surface area (Å²) in [5, 5.41) is 20.0. The Kier molecular flexibility index (Phi) is 7.20. The van der Waals surface area contributed by atoms with E-state index in [1.807, 2.05) is 44.2 Å². The zero-order valence-electron chi connectivity index (χ0n) is 17.3. The van der Waals surface area contributed by atoms with Crippen molar-refractivity contribution in [2.24, 2.45) is 22.7 Å². The Morgan fingerprint density at radius 1 is 1.21 bits per heavy atom. The first kappa shape index (κ1) is 23.2. The Balaban J connectivity index is 0.000000194. The molecule has 2 fully saturated rings. The molecule has 2 saturated carbocycles. The second kappa shape index (κ2) is 8.71. The second-order valence-electron chi connectivity index (χ2n) is 8.86. The third-order valence-electron chi connectivity index (χ3n) is 7.20. The largest absolute Gasteiger partial charge is 0.393 e. The molecule has 2 aliphatic carbocycles. The number of fused-ring (bicyclic) bond motifs is 2. The average molecular weight is 560 g/mol. The van der Waals surface area contributed by atoms with Crippen LogP contribution in [0.3, 0.4) is 0 Å². The number of aryl methyl sites for hydroxylation is 1. The Morgan fingerprint density at radius 2 is 1.93 bits per heavy atom. The van der Waals surface area contributed by atoms with E-state index in [2.05, 4.69) is 36.8 Å². The number of hydrogen-bond acceptors (Lipinski definition) is 4. The summed E-state index contributed by atoms with van der Waals surface area (Å²) in [5.74, 6) is 0.448.